The van der Waals surface area contributed by atoms with Crippen LogP contribution in [0, 0.1) is 0 Å². The maximum absolute atomic E-state index is 12.3. The van der Waals surface area contributed by atoms with Crippen molar-refractivity contribution in [1.29, 1.82) is 0 Å². The summed E-state index contributed by atoms with van der Waals surface area (Å²) in [5, 5.41) is 11.3. The zero-order chi connectivity index (χ0) is 14.7. The van der Waals surface area contributed by atoms with Gasteiger partial charge in [0.2, 0.25) is 5.91 Å². The number of hydrogen-bond donors (Lipinski definition) is 1. The van der Waals surface area contributed by atoms with Crippen molar-refractivity contribution in [3.05, 3.63) is 42.0 Å². The van der Waals surface area contributed by atoms with E-state index in [9.17, 15) is 4.79 Å². The van der Waals surface area contributed by atoms with Gasteiger partial charge in [0.25, 0.3) is 0 Å². The third-order valence-corrected chi connectivity index (χ3v) is 4.80. The van der Waals surface area contributed by atoms with Gasteiger partial charge in [0.1, 0.15) is 5.51 Å². The van der Waals surface area contributed by atoms with Crippen LogP contribution in [0.2, 0.25) is 0 Å². The Bertz CT molecular complexity index is 755. The lowest BCUT2D eigenvalue weighted by Gasteiger charge is -2.12. The number of carbonyl (C=O) groups is 1. The van der Waals surface area contributed by atoms with E-state index in [0.717, 1.165) is 20.9 Å². The zero-order valence-electron chi connectivity index (χ0n) is 11.2. The van der Waals surface area contributed by atoms with E-state index < -0.39 is 0 Å². The van der Waals surface area contributed by atoms with Crippen molar-refractivity contribution in [2.24, 2.45) is 0 Å². The summed E-state index contributed by atoms with van der Waals surface area (Å²) >= 11 is 2.83. The van der Waals surface area contributed by atoms with Crippen LogP contribution in [0.25, 0.3) is 10.9 Å². The summed E-state index contributed by atoms with van der Waals surface area (Å²) < 4.78 is 0.789. The van der Waals surface area contributed by atoms with Gasteiger partial charge in [0.05, 0.1) is 16.5 Å². The monoisotopic (exact) mass is 316 g/mol. The number of fused-ring (bicyclic) bond motifs is 1. The molecule has 1 atom stereocenters. The van der Waals surface area contributed by atoms with Gasteiger partial charge in [-0.1, -0.05) is 29.2 Å². The number of thioether (sulfide) groups is 1. The fraction of sp³-hybridized carbons (Fsp3) is 0.143. The van der Waals surface area contributed by atoms with E-state index in [-0.39, 0.29) is 11.2 Å². The predicted molar refractivity (Wildman–Crippen MR) is 85.6 cm³/mol. The molecule has 3 aromatic rings. The van der Waals surface area contributed by atoms with E-state index in [1.54, 1.807) is 11.7 Å². The van der Waals surface area contributed by atoms with Crippen LogP contribution in [0.4, 0.5) is 5.69 Å². The Morgan fingerprint density at radius 3 is 3.05 bits per heavy atom. The van der Waals surface area contributed by atoms with Crippen LogP contribution in [0.3, 0.4) is 0 Å². The summed E-state index contributed by atoms with van der Waals surface area (Å²) in [6, 6.07) is 9.49. The highest BCUT2D eigenvalue weighted by molar-refractivity contribution is 8.02. The summed E-state index contributed by atoms with van der Waals surface area (Å²) in [4.78, 5) is 16.6. The van der Waals surface area contributed by atoms with Gasteiger partial charge < -0.3 is 5.32 Å². The molecule has 1 amide bonds. The van der Waals surface area contributed by atoms with Gasteiger partial charge in [0, 0.05) is 11.6 Å². The first-order chi connectivity index (χ1) is 10.2. The molecule has 0 aliphatic heterocycles. The number of rotatable bonds is 4. The van der Waals surface area contributed by atoms with E-state index in [1.807, 2.05) is 37.3 Å². The Balaban J connectivity index is 1.77. The highest BCUT2D eigenvalue weighted by Gasteiger charge is 2.17. The lowest BCUT2D eigenvalue weighted by atomic mass is 10.2. The lowest BCUT2D eigenvalue weighted by molar-refractivity contribution is -0.115. The second-order valence-corrected chi connectivity index (χ2v) is 6.75. The largest absolute Gasteiger partial charge is 0.324 e. The quantitative estimate of drug-likeness (QED) is 0.749. The molecule has 1 aromatic carbocycles. The summed E-state index contributed by atoms with van der Waals surface area (Å²) in [5.41, 5.74) is 3.29. The van der Waals surface area contributed by atoms with Crippen LogP contribution in [0.1, 0.15) is 6.92 Å². The predicted octanol–water partition coefficient (Wildman–Crippen LogP) is 3.21. The van der Waals surface area contributed by atoms with E-state index in [1.165, 1.54) is 23.1 Å². The Morgan fingerprint density at radius 1 is 1.33 bits per heavy atom. The Hall–Kier alpha value is -1.99. The van der Waals surface area contributed by atoms with Gasteiger partial charge in [-0.3, -0.25) is 9.78 Å². The van der Waals surface area contributed by atoms with Gasteiger partial charge in [0.15, 0.2) is 4.34 Å². The number of amides is 1. The molecule has 0 aliphatic rings. The summed E-state index contributed by atoms with van der Waals surface area (Å²) in [5.74, 6) is -0.0634. The molecule has 3 rings (SSSR count). The van der Waals surface area contributed by atoms with Gasteiger partial charge in [-0.15, -0.1) is 10.2 Å². The number of benzene rings is 1. The number of carbonyl (C=O) groups excluding carboxylic acids is 1. The topological polar surface area (TPSA) is 67.8 Å². The van der Waals surface area contributed by atoms with Crippen LogP contribution in [-0.4, -0.2) is 26.3 Å². The molecule has 1 N–H and O–H groups in total. The van der Waals surface area contributed by atoms with Crippen molar-refractivity contribution in [2.45, 2.75) is 16.5 Å². The molecule has 0 saturated carbocycles. The highest BCUT2D eigenvalue weighted by Crippen LogP contribution is 2.26. The summed E-state index contributed by atoms with van der Waals surface area (Å²) in [6.45, 7) is 1.85. The first-order valence-electron chi connectivity index (χ1n) is 6.31. The average Bonchev–Trinajstić information content (AvgIpc) is 3.00. The molecular weight excluding hydrogens is 304 g/mol. The van der Waals surface area contributed by atoms with Crippen LogP contribution in [0.15, 0.2) is 46.4 Å². The number of anilines is 1. The third kappa shape index (κ3) is 3.20. The number of nitrogens with zero attached hydrogens (tertiary/aromatic N) is 3. The van der Waals surface area contributed by atoms with Crippen molar-refractivity contribution in [3.8, 4) is 0 Å². The van der Waals surface area contributed by atoms with Crippen LogP contribution < -0.4 is 5.32 Å². The number of nitrogens with one attached hydrogen (secondary N) is 1. The van der Waals surface area contributed by atoms with Gasteiger partial charge in [-0.25, -0.2) is 0 Å². The fourth-order valence-corrected chi connectivity index (χ4v) is 3.49. The molecule has 0 bridgehead atoms. The highest BCUT2D eigenvalue weighted by atomic mass is 32.2. The molecule has 2 heterocycles. The maximum atomic E-state index is 12.3. The van der Waals surface area contributed by atoms with Crippen molar-refractivity contribution < 1.29 is 4.79 Å². The van der Waals surface area contributed by atoms with Crippen molar-refractivity contribution in [2.75, 3.05) is 5.32 Å². The Kier molecular flexibility index (Phi) is 4.12. The van der Waals surface area contributed by atoms with E-state index >= 15 is 0 Å². The lowest BCUT2D eigenvalue weighted by Crippen LogP contribution is -2.22. The Labute approximate surface area is 129 Å². The number of aromatic nitrogens is 3. The summed E-state index contributed by atoms with van der Waals surface area (Å²) in [7, 11) is 0. The second-order valence-electron chi connectivity index (χ2n) is 4.33. The van der Waals surface area contributed by atoms with Gasteiger partial charge in [-0.2, -0.15) is 0 Å². The van der Waals surface area contributed by atoms with Crippen molar-refractivity contribution >= 4 is 45.6 Å². The number of hydrogen-bond acceptors (Lipinski definition) is 6. The zero-order valence-corrected chi connectivity index (χ0v) is 12.8. The van der Waals surface area contributed by atoms with Crippen LogP contribution in [-0.2, 0) is 4.79 Å². The SMILES string of the molecule is CC(Sc1nncs1)C(=O)Nc1cccc2ncccc12. The molecule has 106 valence electrons. The van der Waals surface area contributed by atoms with E-state index in [0.29, 0.717) is 0 Å². The van der Waals surface area contributed by atoms with Gasteiger partial charge >= 0.3 is 0 Å². The molecule has 0 saturated heterocycles. The van der Waals surface area contributed by atoms with Gasteiger partial charge in [-0.05, 0) is 31.2 Å². The maximum Gasteiger partial charge on any atom is 0.237 e. The molecule has 0 fully saturated rings. The molecule has 0 spiro atoms. The summed E-state index contributed by atoms with van der Waals surface area (Å²) in [6.07, 6.45) is 1.74. The molecule has 2 aromatic heterocycles. The minimum atomic E-state index is -0.245. The fourth-order valence-electron chi connectivity index (χ4n) is 1.87. The van der Waals surface area contributed by atoms with Crippen LogP contribution >= 0.6 is 23.1 Å². The van der Waals surface area contributed by atoms with Crippen molar-refractivity contribution in [1.82, 2.24) is 15.2 Å². The molecule has 0 aliphatic carbocycles. The first kappa shape index (κ1) is 14.0. The normalized spacial score (nSPS) is 12.2. The van der Waals surface area contributed by atoms with E-state index in [2.05, 4.69) is 20.5 Å². The van der Waals surface area contributed by atoms with E-state index in [4.69, 9.17) is 0 Å². The first-order valence-corrected chi connectivity index (χ1v) is 8.07. The number of pyridine rings is 1. The minimum Gasteiger partial charge on any atom is -0.324 e. The minimum absolute atomic E-state index is 0.0634. The Morgan fingerprint density at radius 2 is 2.24 bits per heavy atom. The second kappa shape index (κ2) is 6.19. The van der Waals surface area contributed by atoms with Crippen LogP contribution in [0.5, 0.6) is 0 Å². The molecular formula is C14H12N4OS2. The molecule has 1 unspecified atom stereocenters. The average molecular weight is 316 g/mol. The molecule has 0 radical (unpaired) electrons. The standard InChI is InChI=1S/C14H12N4OS2/c1-9(21-14-18-16-8-20-14)13(19)17-12-6-2-5-11-10(12)4-3-7-15-11/h2-9H,1H3,(H,17,19). The third-order valence-electron chi connectivity index (χ3n) is 2.89. The van der Waals surface area contributed by atoms with Crippen molar-refractivity contribution in [3.63, 3.8) is 0 Å². The molecule has 5 nitrogen and oxygen atoms in total. The smallest absolute Gasteiger partial charge is 0.237 e. The molecule has 7 heteroatoms. The molecule has 21 heavy (non-hydrogen) atoms.